The third kappa shape index (κ3) is 12.4. The molecule has 0 aliphatic heterocycles. The van der Waals surface area contributed by atoms with Crippen molar-refractivity contribution >= 4 is 26.3 Å². The summed E-state index contributed by atoms with van der Waals surface area (Å²) in [4.78, 5) is 0. The molecule has 0 aromatic heterocycles. The summed E-state index contributed by atoms with van der Waals surface area (Å²) in [5.41, 5.74) is 0. The predicted octanol–water partition coefficient (Wildman–Crippen LogP) is 2.83. The van der Waals surface area contributed by atoms with E-state index in [0.717, 1.165) is 0 Å². The molecule has 1 atom stereocenters. The van der Waals surface area contributed by atoms with E-state index in [4.69, 9.17) is 0 Å². The van der Waals surface area contributed by atoms with Crippen molar-refractivity contribution in [3.63, 3.8) is 0 Å². The second-order valence-electron chi connectivity index (χ2n) is 0.215. The van der Waals surface area contributed by atoms with Gasteiger partial charge in [0.25, 0.3) is 0 Å². The summed E-state index contributed by atoms with van der Waals surface area (Å²) in [6, 6.07) is 0. The Kier molecular flexibility index (Phi) is 2.73. The van der Waals surface area contributed by atoms with Crippen LogP contribution in [0.3, 0.4) is 0 Å². The van der Waals surface area contributed by atoms with Gasteiger partial charge in [-0.2, -0.15) is 0 Å². The van der Waals surface area contributed by atoms with E-state index >= 15 is 0 Å². The van der Waals surface area contributed by atoms with Gasteiger partial charge in [0.1, 0.15) is 0 Å². The zero-order valence-electron chi connectivity index (χ0n) is 1.65. The van der Waals surface area contributed by atoms with Crippen molar-refractivity contribution in [1.82, 2.24) is 0 Å². The first-order valence-corrected chi connectivity index (χ1v) is 3.83. The second kappa shape index (κ2) is 2.20. The van der Waals surface area contributed by atoms with E-state index in [1.165, 1.54) is 0 Å². The van der Waals surface area contributed by atoms with Crippen molar-refractivity contribution in [1.29, 1.82) is 0 Å². The van der Waals surface area contributed by atoms with E-state index in [2.05, 4.69) is 19.6 Å². The van der Waals surface area contributed by atoms with Crippen LogP contribution in [0.15, 0.2) is 0 Å². The van der Waals surface area contributed by atoms with Crippen molar-refractivity contribution in [2.24, 2.45) is 0 Å². The van der Waals surface area contributed by atoms with Crippen molar-refractivity contribution in [3.05, 3.63) is 0 Å². The average Bonchev–Trinajstić information content (AvgIpc) is 0.811. The summed E-state index contributed by atoms with van der Waals surface area (Å²) in [5, 5.41) is 0. The van der Waals surface area contributed by atoms with Gasteiger partial charge in [-0.15, -0.1) is 0 Å². The quantitative estimate of drug-likeness (QED) is 0.427. The fourth-order valence-corrected chi connectivity index (χ4v) is 0. The first-order valence-electron chi connectivity index (χ1n) is 0.538. The molecule has 24 valence electrons. The Morgan fingerprint density at radius 3 is 2.00 bits per heavy atom. The van der Waals surface area contributed by atoms with Crippen LogP contribution in [0.2, 0.25) is 0 Å². The van der Waals surface area contributed by atoms with Crippen molar-refractivity contribution < 1.29 is 4.20 Å². The fraction of sp³-hybridized carbons (Fsp3) is 0. The molecule has 0 heterocycles. The molecule has 0 nitrogen and oxygen atoms in total. The van der Waals surface area contributed by atoms with Gasteiger partial charge in [0.15, 0.2) is 0 Å². The molecule has 0 spiro atoms. The molecule has 4 heteroatoms. The molecule has 0 aromatic carbocycles. The van der Waals surface area contributed by atoms with Gasteiger partial charge in [0, 0.05) is 0 Å². The third-order valence-electron chi connectivity index (χ3n) is 0. The van der Waals surface area contributed by atoms with Crippen molar-refractivity contribution in [2.45, 2.75) is 0 Å². The monoisotopic (exact) mass is 116 g/mol. The molecule has 0 saturated heterocycles. The van der Waals surface area contributed by atoms with Crippen LogP contribution in [0.4, 0.5) is 4.20 Å². The normalized spacial score (nSPS) is 10.8. The van der Waals surface area contributed by atoms with E-state index < -0.39 is 6.69 Å². The van der Waals surface area contributed by atoms with Gasteiger partial charge >= 0.3 is 30.5 Å². The van der Waals surface area contributed by atoms with E-state index in [0.29, 0.717) is 0 Å². The number of rotatable bonds is 0. The van der Waals surface area contributed by atoms with Crippen LogP contribution in [0.1, 0.15) is 0 Å². The van der Waals surface area contributed by atoms with E-state index in [9.17, 15) is 4.20 Å². The van der Waals surface area contributed by atoms with Gasteiger partial charge in [-0.05, 0) is 0 Å². The maximum atomic E-state index is 10.7. The molecular weight excluding hydrogens is 116 g/mol. The molecular formula is ClFP2. The molecule has 0 radical (unpaired) electrons. The molecule has 0 amide bonds. The summed E-state index contributed by atoms with van der Waals surface area (Å²) in [7, 11) is 3.13. The minimum absolute atomic E-state index is 1.95. The molecule has 1 unspecified atom stereocenters. The molecule has 0 fully saturated rings. The summed E-state index contributed by atoms with van der Waals surface area (Å²) in [5.74, 6) is 0. The van der Waals surface area contributed by atoms with Crippen molar-refractivity contribution in [3.8, 4) is 0 Å². The van der Waals surface area contributed by atoms with Crippen LogP contribution in [-0.2, 0) is 0 Å². The molecule has 0 aliphatic rings. The average molecular weight is 116 g/mol. The Labute approximate surface area is 31.3 Å². The minimum atomic E-state index is -1.95. The molecule has 0 rings (SSSR count). The molecule has 0 N–H and O–H groups in total. The van der Waals surface area contributed by atoms with Gasteiger partial charge in [-0.3, -0.25) is 0 Å². The number of halogens is 2. The topological polar surface area (TPSA) is 0 Å². The SMILES string of the molecule is FP(#P)Cl. The molecule has 0 bridgehead atoms. The van der Waals surface area contributed by atoms with Gasteiger partial charge in [-0.25, -0.2) is 0 Å². The Morgan fingerprint density at radius 2 is 2.00 bits per heavy atom. The summed E-state index contributed by atoms with van der Waals surface area (Å²) in [6.45, 7) is -1.95. The van der Waals surface area contributed by atoms with E-state index in [-0.39, 0.29) is 0 Å². The number of hydrogen-bond acceptors (Lipinski definition) is 0. The van der Waals surface area contributed by atoms with Gasteiger partial charge in [0.2, 0.25) is 0 Å². The van der Waals surface area contributed by atoms with Crippen LogP contribution in [0.25, 0.3) is 0 Å². The first-order chi connectivity index (χ1) is 1.73. The van der Waals surface area contributed by atoms with Gasteiger partial charge in [-0.1, -0.05) is 0 Å². The van der Waals surface area contributed by atoms with Crippen LogP contribution < -0.4 is 0 Å². The summed E-state index contributed by atoms with van der Waals surface area (Å²) in [6.07, 6.45) is 0. The van der Waals surface area contributed by atoms with Gasteiger partial charge in [0.05, 0.1) is 0 Å². The standard InChI is InChI=1S/ClFP2/c1-4(2)3. The molecule has 4 heavy (non-hydrogen) atoms. The Balaban J connectivity index is 3.02. The van der Waals surface area contributed by atoms with E-state index in [1.807, 2.05) is 0 Å². The molecule has 0 saturated carbocycles. The van der Waals surface area contributed by atoms with E-state index in [1.54, 1.807) is 0 Å². The Morgan fingerprint density at radius 1 is 2.00 bits per heavy atom. The zero-order valence-corrected chi connectivity index (χ0v) is 4.20. The predicted molar refractivity (Wildman–Crippen MR) is 20.8 cm³/mol. The summed E-state index contributed by atoms with van der Waals surface area (Å²) < 4.78 is 10.7. The number of hydrogen-bond donors (Lipinski definition) is 0. The second-order valence-corrected chi connectivity index (χ2v) is 3.30. The van der Waals surface area contributed by atoms with Crippen LogP contribution in [0.5, 0.6) is 0 Å². The molecule has 0 aromatic rings. The maximum absolute atomic E-state index is 10.7. The third-order valence-corrected chi connectivity index (χ3v) is 0. The first kappa shape index (κ1) is 4.95. The van der Waals surface area contributed by atoms with Crippen LogP contribution in [0, 0.1) is 0 Å². The van der Waals surface area contributed by atoms with Crippen LogP contribution in [-0.4, -0.2) is 0 Å². The molecule has 0 aliphatic carbocycles. The van der Waals surface area contributed by atoms with Gasteiger partial charge < -0.3 is 0 Å². The fourth-order valence-electron chi connectivity index (χ4n) is 0. The Hall–Kier alpha value is 0.950. The van der Waals surface area contributed by atoms with Crippen molar-refractivity contribution in [2.75, 3.05) is 0 Å². The zero-order chi connectivity index (χ0) is 3.58. The van der Waals surface area contributed by atoms with Crippen LogP contribution >= 0.6 is 26.3 Å². The Bertz CT molecular complexity index is 52.2. The summed E-state index contributed by atoms with van der Waals surface area (Å²) >= 11 is 4.54.